The van der Waals surface area contributed by atoms with Crippen molar-refractivity contribution in [2.45, 2.75) is 31.1 Å². The maximum absolute atomic E-state index is 11.2. The van der Waals surface area contributed by atoms with Gasteiger partial charge < -0.3 is 9.66 Å². The first-order chi connectivity index (χ1) is 9.62. The molecule has 2 aromatic carbocycles. The van der Waals surface area contributed by atoms with Crippen LogP contribution in [0.2, 0.25) is 0 Å². The van der Waals surface area contributed by atoms with Crippen molar-refractivity contribution in [1.29, 1.82) is 0 Å². The SMILES string of the molecule is CC1=Nc2ccc3cc(S(=O)(=O)[O-])cc(O)c3c2C1(C)C.[Na+]. The summed E-state index contributed by atoms with van der Waals surface area (Å²) >= 11 is 0. The summed E-state index contributed by atoms with van der Waals surface area (Å²) in [6, 6.07) is 5.74. The summed E-state index contributed by atoms with van der Waals surface area (Å²) in [5, 5.41) is 11.3. The van der Waals surface area contributed by atoms with Crippen LogP contribution < -0.4 is 29.6 Å². The van der Waals surface area contributed by atoms with Crippen molar-refractivity contribution < 1.29 is 47.6 Å². The van der Waals surface area contributed by atoms with Crippen molar-refractivity contribution in [3.8, 4) is 5.75 Å². The molecule has 7 heteroatoms. The van der Waals surface area contributed by atoms with E-state index < -0.39 is 15.0 Å². The molecule has 1 heterocycles. The van der Waals surface area contributed by atoms with E-state index in [4.69, 9.17) is 0 Å². The Balaban J connectivity index is 0.00000176. The van der Waals surface area contributed by atoms with Gasteiger partial charge in [0, 0.05) is 22.1 Å². The first kappa shape index (κ1) is 17.4. The van der Waals surface area contributed by atoms with Gasteiger partial charge in [0.05, 0.1) is 10.6 Å². The van der Waals surface area contributed by atoms with Gasteiger partial charge in [0.2, 0.25) is 0 Å². The summed E-state index contributed by atoms with van der Waals surface area (Å²) in [7, 11) is -4.61. The van der Waals surface area contributed by atoms with Gasteiger partial charge >= 0.3 is 29.6 Å². The summed E-state index contributed by atoms with van der Waals surface area (Å²) in [4.78, 5) is 4.06. The second kappa shape index (κ2) is 5.32. The van der Waals surface area contributed by atoms with E-state index in [-0.39, 0.29) is 40.7 Å². The minimum Gasteiger partial charge on any atom is -0.744 e. The Labute approximate surface area is 151 Å². The third-order valence-electron chi connectivity index (χ3n) is 4.15. The molecule has 0 saturated heterocycles. The third kappa shape index (κ3) is 2.49. The van der Waals surface area contributed by atoms with Crippen molar-refractivity contribution in [2.75, 3.05) is 0 Å². The largest absolute Gasteiger partial charge is 1.00 e. The second-order valence-corrected chi connectivity index (χ2v) is 7.16. The molecule has 1 aliphatic rings. The molecule has 1 N–H and O–H groups in total. The Bertz CT molecular complexity index is 917. The molecular weight excluding hydrogens is 313 g/mol. The summed E-state index contributed by atoms with van der Waals surface area (Å²) in [5.74, 6) is -0.211. The van der Waals surface area contributed by atoms with Crippen LogP contribution in [0, 0.1) is 0 Å². The summed E-state index contributed by atoms with van der Waals surface area (Å²) in [6.07, 6.45) is 0. The number of hydrogen-bond donors (Lipinski definition) is 1. The minimum absolute atomic E-state index is 0. The normalized spacial score (nSPS) is 16.1. The van der Waals surface area contributed by atoms with E-state index in [9.17, 15) is 18.1 Å². The first-order valence-corrected chi connectivity index (χ1v) is 7.85. The molecule has 0 fully saturated rings. The molecule has 2 aromatic rings. The van der Waals surface area contributed by atoms with Crippen LogP contribution in [0.3, 0.4) is 0 Å². The van der Waals surface area contributed by atoms with E-state index in [0.29, 0.717) is 10.8 Å². The average molecular weight is 327 g/mol. The van der Waals surface area contributed by atoms with Gasteiger partial charge in [-0.3, -0.25) is 4.99 Å². The molecule has 0 radical (unpaired) electrons. The summed E-state index contributed by atoms with van der Waals surface area (Å²) in [5.41, 5.74) is 2.18. The van der Waals surface area contributed by atoms with E-state index in [1.807, 2.05) is 20.8 Å². The number of nitrogens with zero attached hydrogens (tertiary/aromatic N) is 1. The van der Waals surface area contributed by atoms with Crippen LogP contribution >= 0.6 is 0 Å². The van der Waals surface area contributed by atoms with Crippen molar-refractivity contribution in [3.63, 3.8) is 0 Å². The summed E-state index contributed by atoms with van der Waals surface area (Å²) < 4.78 is 33.5. The van der Waals surface area contributed by atoms with E-state index in [2.05, 4.69) is 4.99 Å². The number of rotatable bonds is 1. The van der Waals surface area contributed by atoms with Crippen LogP contribution in [0.15, 0.2) is 34.2 Å². The fourth-order valence-electron chi connectivity index (χ4n) is 2.78. The Morgan fingerprint density at radius 3 is 2.45 bits per heavy atom. The Morgan fingerprint density at radius 1 is 1.23 bits per heavy atom. The molecule has 0 aromatic heterocycles. The van der Waals surface area contributed by atoms with E-state index in [0.717, 1.165) is 23.0 Å². The molecule has 0 spiro atoms. The van der Waals surface area contributed by atoms with Crippen molar-refractivity contribution >= 4 is 32.3 Å². The van der Waals surface area contributed by atoms with E-state index >= 15 is 0 Å². The standard InChI is InChI=1S/C15H15NO4S.Na/c1-8-15(2,3)14-11(16-8)5-4-9-6-10(21(18,19)20)7-12(17)13(9)14;/h4-7,17H,1-3H3,(H,18,19,20);/q;+1/p-1. The van der Waals surface area contributed by atoms with E-state index in [1.165, 1.54) is 6.07 Å². The van der Waals surface area contributed by atoms with Gasteiger partial charge in [-0.15, -0.1) is 0 Å². The molecule has 0 saturated carbocycles. The quantitative estimate of drug-likeness (QED) is 0.582. The number of phenolic OH excluding ortho intramolecular Hbond substituents is 1. The Morgan fingerprint density at radius 2 is 1.86 bits per heavy atom. The predicted molar refractivity (Wildman–Crippen MR) is 79.4 cm³/mol. The van der Waals surface area contributed by atoms with Crippen LogP contribution in [0.1, 0.15) is 26.3 Å². The maximum Gasteiger partial charge on any atom is 1.00 e. The molecule has 0 atom stereocenters. The van der Waals surface area contributed by atoms with Gasteiger partial charge in [-0.05, 0) is 30.5 Å². The van der Waals surface area contributed by atoms with Crippen molar-refractivity contribution in [3.05, 3.63) is 29.8 Å². The summed E-state index contributed by atoms with van der Waals surface area (Å²) in [6.45, 7) is 5.91. The monoisotopic (exact) mass is 327 g/mol. The zero-order valence-corrected chi connectivity index (χ0v) is 15.7. The number of aromatic hydroxyl groups is 1. The van der Waals surface area contributed by atoms with Gasteiger partial charge in [-0.25, -0.2) is 8.42 Å². The maximum atomic E-state index is 11.2. The molecule has 1 aliphatic heterocycles. The average Bonchev–Trinajstić information content (AvgIpc) is 2.59. The van der Waals surface area contributed by atoms with Crippen LogP contribution in [0.25, 0.3) is 10.8 Å². The van der Waals surface area contributed by atoms with Crippen LogP contribution in [0.4, 0.5) is 5.69 Å². The van der Waals surface area contributed by atoms with Crippen molar-refractivity contribution in [1.82, 2.24) is 0 Å². The zero-order valence-electron chi connectivity index (χ0n) is 12.8. The number of phenols is 1. The molecule has 0 bridgehead atoms. The Kier molecular flexibility index (Phi) is 4.21. The molecular formula is C15H14NNaO4S. The molecule has 110 valence electrons. The number of aliphatic imine (C=N–C) groups is 1. The van der Waals surface area contributed by atoms with Crippen LogP contribution in [-0.2, 0) is 15.5 Å². The minimum atomic E-state index is -4.61. The molecule has 0 aliphatic carbocycles. The zero-order chi connectivity index (χ0) is 15.6. The van der Waals surface area contributed by atoms with Gasteiger partial charge in [-0.1, -0.05) is 19.9 Å². The molecule has 0 unspecified atom stereocenters. The van der Waals surface area contributed by atoms with Crippen LogP contribution in [0.5, 0.6) is 5.75 Å². The van der Waals surface area contributed by atoms with Gasteiger partial charge in [0.1, 0.15) is 15.9 Å². The number of benzene rings is 2. The van der Waals surface area contributed by atoms with E-state index in [1.54, 1.807) is 12.1 Å². The third-order valence-corrected chi connectivity index (χ3v) is 4.97. The smallest absolute Gasteiger partial charge is 0.744 e. The molecule has 5 nitrogen and oxygen atoms in total. The number of fused-ring (bicyclic) bond motifs is 3. The molecule has 0 amide bonds. The topological polar surface area (TPSA) is 89.8 Å². The predicted octanol–water partition coefficient (Wildman–Crippen LogP) is -0.163. The Hall–Kier alpha value is -0.920. The van der Waals surface area contributed by atoms with Crippen molar-refractivity contribution in [2.24, 2.45) is 4.99 Å². The number of hydrogen-bond acceptors (Lipinski definition) is 5. The van der Waals surface area contributed by atoms with Gasteiger partial charge in [-0.2, -0.15) is 0 Å². The molecule has 3 rings (SSSR count). The second-order valence-electron chi connectivity index (χ2n) is 5.78. The molecule has 22 heavy (non-hydrogen) atoms. The van der Waals surface area contributed by atoms with Gasteiger partial charge in [0.15, 0.2) is 0 Å². The fraction of sp³-hybridized carbons (Fsp3) is 0.267. The van der Waals surface area contributed by atoms with Crippen LogP contribution in [-0.4, -0.2) is 23.8 Å². The first-order valence-electron chi connectivity index (χ1n) is 6.44. The fourth-order valence-corrected chi connectivity index (χ4v) is 3.30. The van der Waals surface area contributed by atoms with Gasteiger partial charge in [0.25, 0.3) is 0 Å².